The minimum absolute atomic E-state index is 0.0575. The predicted molar refractivity (Wildman–Crippen MR) is 131 cm³/mol. The highest BCUT2D eigenvalue weighted by atomic mass is 32.1. The van der Waals surface area contributed by atoms with Gasteiger partial charge in [-0.1, -0.05) is 23.5 Å². The number of aromatic nitrogens is 1. The molecule has 2 aromatic carbocycles. The molecule has 2 aromatic heterocycles. The van der Waals surface area contributed by atoms with Gasteiger partial charge in [-0.05, 0) is 67.3 Å². The molecule has 1 unspecified atom stereocenters. The first-order valence-electron chi connectivity index (χ1n) is 10.4. The number of carbonyl (C=O) groups is 2. The first kappa shape index (κ1) is 21.4. The molecule has 5 rings (SSSR count). The highest BCUT2D eigenvalue weighted by Crippen LogP contribution is 2.45. The van der Waals surface area contributed by atoms with Crippen LogP contribution >= 0.6 is 22.7 Å². The molecule has 1 aliphatic rings. The van der Waals surface area contributed by atoms with Crippen LogP contribution in [0.5, 0.6) is 5.75 Å². The summed E-state index contributed by atoms with van der Waals surface area (Å²) < 4.78 is 6.40. The van der Waals surface area contributed by atoms with Gasteiger partial charge in [-0.2, -0.15) is 0 Å². The van der Waals surface area contributed by atoms with Gasteiger partial charge in [-0.3, -0.25) is 14.5 Å². The molecule has 166 valence electrons. The zero-order chi connectivity index (χ0) is 23.1. The Hall–Kier alpha value is -3.49. The molecule has 1 aliphatic heterocycles. The monoisotopic (exact) mass is 476 g/mol. The second kappa shape index (κ2) is 8.46. The molecule has 0 aliphatic carbocycles. The highest BCUT2D eigenvalue weighted by molar-refractivity contribution is 7.22. The van der Waals surface area contributed by atoms with Crippen LogP contribution in [0, 0.1) is 6.92 Å². The SMILES string of the molecule is CCOc1ccc(C(O)=C2C(=O)C(=O)N(c3nc4ccc(C)cc4s3)C2c2cccs2)cc1. The van der Waals surface area contributed by atoms with E-state index in [4.69, 9.17) is 4.74 Å². The molecule has 0 spiro atoms. The molecular formula is C25H20N2O4S2. The van der Waals surface area contributed by atoms with Crippen molar-refractivity contribution >= 4 is 55.5 Å². The van der Waals surface area contributed by atoms with Crippen molar-refractivity contribution in [2.24, 2.45) is 0 Å². The number of nitrogens with zero attached hydrogens (tertiary/aromatic N) is 2. The number of benzene rings is 2. The zero-order valence-corrected chi connectivity index (χ0v) is 19.6. The van der Waals surface area contributed by atoms with Crippen molar-refractivity contribution in [3.8, 4) is 5.75 Å². The van der Waals surface area contributed by atoms with E-state index in [1.165, 1.54) is 27.6 Å². The van der Waals surface area contributed by atoms with Crippen LogP contribution in [0.25, 0.3) is 16.0 Å². The van der Waals surface area contributed by atoms with Crippen molar-refractivity contribution < 1.29 is 19.4 Å². The van der Waals surface area contributed by atoms with Crippen molar-refractivity contribution in [3.05, 3.63) is 81.6 Å². The van der Waals surface area contributed by atoms with Gasteiger partial charge in [0.25, 0.3) is 5.78 Å². The summed E-state index contributed by atoms with van der Waals surface area (Å²) in [5, 5.41) is 13.5. The van der Waals surface area contributed by atoms with Crippen molar-refractivity contribution in [3.63, 3.8) is 0 Å². The van der Waals surface area contributed by atoms with Gasteiger partial charge in [-0.15, -0.1) is 11.3 Å². The number of aliphatic hydroxyl groups excluding tert-OH is 1. The number of carbonyl (C=O) groups excluding carboxylic acids is 2. The molecule has 1 saturated heterocycles. The minimum Gasteiger partial charge on any atom is -0.507 e. The van der Waals surface area contributed by atoms with Crippen molar-refractivity contribution in [2.75, 3.05) is 11.5 Å². The second-order valence-electron chi connectivity index (χ2n) is 7.61. The van der Waals surface area contributed by atoms with E-state index >= 15 is 0 Å². The third kappa shape index (κ3) is 3.71. The third-order valence-corrected chi connectivity index (χ3v) is 7.38. The van der Waals surface area contributed by atoms with Crippen LogP contribution in [0.1, 0.15) is 29.0 Å². The molecule has 1 N–H and O–H groups in total. The Morgan fingerprint density at radius 3 is 2.64 bits per heavy atom. The van der Waals surface area contributed by atoms with Gasteiger partial charge < -0.3 is 9.84 Å². The molecule has 0 bridgehead atoms. The summed E-state index contributed by atoms with van der Waals surface area (Å²) in [4.78, 5) is 33.2. The molecule has 0 saturated carbocycles. The van der Waals surface area contributed by atoms with Crippen molar-refractivity contribution in [1.82, 2.24) is 4.98 Å². The Morgan fingerprint density at radius 2 is 1.94 bits per heavy atom. The molecule has 3 heterocycles. The van der Waals surface area contributed by atoms with Crippen LogP contribution in [0.4, 0.5) is 5.13 Å². The zero-order valence-electron chi connectivity index (χ0n) is 17.9. The predicted octanol–water partition coefficient (Wildman–Crippen LogP) is 5.69. The van der Waals surface area contributed by atoms with E-state index < -0.39 is 17.7 Å². The smallest absolute Gasteiger partial charge is 0.301 e. The normalized spacial score (nSPS) is 17.8. The lowest BCUT2D eigenvalue weighted by atomic mass is 10.00. The van der Waals surface area contributed by atoms with Crippen LogP contribution in [0.2, 0.25) is 0 Å². The molecule has 1 atom stereocenters. The first-order valence-corrected chi connectivity index (χ1v) is 12.1. The van der Waals surface area contributed by atoms with Gasteiger partial charge in [0.1, 0.15) is 17.6 Å². The number of aryl methyl sites for hydroxylation is 1. The number of ether oxygens (including phenoxy) is 1. The fraction of sp³-hybridized carbons (Fsp3) is 0.160. The Morgan fingerprint density at radius 1 is 1.15 bits per heavy atom. The van der Waals surface area contributed by atoms with Crippen LogP contribution in [-0.2, 0) is 9.59 Å². The number of ketones is 1. The minimum atomic E-state index is -0.752. The van der Waals surface area contributed by atoms with Crippen molar-refractivity contribution in [2.45, 2.75) is 19.9 Å². The summed E-state index contributed by atoms with van der Waals surface area (Å²) in [6.45, 7) is 4.41. The van der Waals surface area contributed by atoms with E-state index in [-0.39, 0.29) is 11.3 Å². The van der Waals surface area contributed by atoms with Gasteiger partial charge in [0, 0.05) is 10.4 Å². The second-order valence-corrected chi connectivity index (χ2v) is 9.60. The van der Waals surface area contributed by atoms with Crippen LogP contribution in [-0.4, -0.2) is 28.4 Å². The standard InChI is InChI=1S/C25H20N2O4S2/c1-3-31-16-9-7-15(8-10-16)22(28)20-21(18-5-4-12-32-18)27(24(30)23(20)29)25-26-17-11-6-14(2)13-19(17)33-25/h4-13,21,28H,3H2,1-2H3. The average Bonchev–Trinajstić information content (AvgIpc) is 3.53. The molecule has 0 radical (unpaired) electrons. The number of fused-ring (bicyclic) bond motifs is 1. The number of hydrogen-bond acceptors (Lipinski definition) is 7. The number of thiazole rings is 1. The van der Waals surface area contributed by atoms with E-state index in [2.05, 4.69) is 4.98 Å². The Labute approximate surface area is 198 Å². The maximum atomic E-state index is 13.2. The lowest BCUT2D eigenvalue weighted by Gasteiger charge is -2.21. The van der Waals surface area contributed by atoms with Crippen molar-refractivity contribution in [1.29, 1.82) is 0 Å². The molecule has 33 heavy (non-hydrogen) atoms. The van der Waals surface area contributed by atoms with E-state index in [0.29, 0.717) is 23.1 Å². The third-order valence-electron chi connectivity index (χ3n) is 5.43. The number of rotatable bonds is 5. The van der Waals surface area contributed by atoms with E-state index in [9.17, 15) is 14.7 Å². The van der Waals surface area contributed by atoms with Crippen LogP contribution in [0.3, 0.4) is 0 Å². The fourth-order valence-electron chi connectivity index (χ4n) is 3.90. The topological polar surface area (TPSA) is 79.7 Å². The van der Waals surface area contributed by atoms with Gasteiger partial charge in [0.05, 0.1) is 22.4 Å². The summed E-state index contributed by atoms with van der Waals surface area (Å²) in [6.07, 6.45) is 0. The number of aliphatic hydroxyl groups is 1. The largest absolute Gasteiger partial charge is 0.507 e. The Kier molecular flexibility index (Phi) is 5.47. The highest BCUT2D eigenvalue weighted by Gasteiger charge is 2.48. The molecule has 6 nitrogen and oxygen atoms in total. The molecular weight excluding hydrogens is 456 g/mol. The van der Waals surface area contributed by atoms with Gasteiger partial charge in [0.2, 0.25) is 0 Å². The maximum absolute atomic E-state index is 13.2. The Bertz CT molecular complexity index is 1390. The first-order chi connectivity index (χ1) is 16.0. The number of amides is 1. The summed E-state index contributed by atoms with van der Waals surface area (Å²) in [7, 11) is 0. The lowest BCUT2D eigenvalue weighted by Crippen LogP contribution is -2.28. The maximum Gasteiger partial charge on any atom is 0.301 e. The molecule has 1 amide bonds. The molecule has 8 heteroatoms. The molecule has 1 fully saturated rings. The number of anilines is 1. The summed E-state index contributed by atoms with van der Waals surface area (Å²) in [5.74, 6) is -0.977. The van der Waals surface area contributed by atoms with E-state index in [1.54, 1.807) is 24.3 Å². The molecule has 4 aromatic rings. The number of hydrogen-bond donors (Lipinski definition) is 1. The van der Waals surface area contributed by atoms with Gasteiger partial charge in [-0.25, -0.2) is 4.98 Å². The Balaban J connectivity index is 1.65. The van der Waals surface area contributed by atoms with E-state index in [1.807, 2.05) is 49.6 Å². The van der Waals surface area contributed by atoms with E-state index in [0.717, 1.165) is 20.7 Å². The quantitative estimate of drug-likeness (QED) is 0.227. The average molecular weight is 477 g/mol. The fourth-order valence-corrected chi connectivity index (χ4v) is 5.81. The van der Waals surface area contributed by atoms with Crippen LogP contribution in [0.15, 0.2) is 65.6 Å². The summed E-state index contributed by atoms with van der Waals surface area (Å²) in [6, 6.07) is 15.7. The summed E-state index contributed by atoms with van der Waals surface area (Å²) >= 11 is 2.78. The van der Waals surface area contributed by atoms with Crippen LogP contribution < -0.4 is 9.64 Å². The number of Topliss-reactive ketones (excluding diaryl/α,β-unsaturated/α-hetero) is 1. The summed E-state index contributed by atoms with van der Waals surface area (Å²) in [5.41, 5.74) is 2.35. The van der Waals surface area contributed by atoms with Gasteiger partial charge >= 0.3 is 5.91 Å². The number of thiophene rings is 1. The van der Waals surface area contributed by atoms with Gasteiger partial charge in [0.15, 0.2) is 5.13 Å². The lowest BCUT2D eigenvalue weighted by molar-refractivity contribution is -0.132.